The van der Waals surface area contributed by atoms with Crippen LogP contribution in [-0.2, 0) is 4.74 Å². The van der Waals surface area contributed by atoms with Gasteiger partial charge in [-0.15, -0.1) is 0 Å². The Labute approximate surface area is 147 Å². The van der Waals surface area contributed by atoms with E-state index in [0.717, 1.165) is 55.1 Å². The van der Waals surface area contributed by atoms with Crippen LogP contribution < -0.4 is 14.4 Å². The van der Waals surface area contributed by atoms with Crippen molar-refractivity contribution in [1.29, 1.82) is 0 Å². The molecule has 0 N–H and O–H groups in total. The van der Waals surface area contributed by atoms with E-state index in [9.17, 15) is 0 Å². The van der Waals surface area contributed by atoms with Gasteiger partial charge in [0.2, 0.25) is 0 Å². The first-order valence-electron chi connectivity index (χ1n) is 8.64. The second-order valence-corrected chi connectivity index (χ2v) is 6.64. The van der Waals surface area contributed by atoms with E-state index >= 15 is 0 Å². The van der Waals surface area contributed by atoms with Crippen molar-refractivity contribution in [2.45, 2.75) is 18.6 Å². The van der Waals surface area contributed by atoms with Gasteiger partial charge in [-0.3, -0.25) is 0 Å². The zero-order chi connectivity index (χ0) is 17.4. The average molecular weight is 344 g/mol. The van der Waals surface area contributed by atoms with Gasteiger partial charge >= 0.3 is 0 Å². The molecule has 0 radical (unpaired) electrons. The molecule has 0 aliphatic carbocycles. The van der Waals surface area contributed by atoms with Gasteiger partial charge in [0.15, 0.2) is 0 Å². The molecule has 2 fully saturated rings. The molecule has 2 atom stereocenters. The summed E-state index contributed by atoms with van der Waals surface area (Å²) in [6.07, 6.45) is 2.92. The molecule has 134 valence electrons. The molecule has 0 unspecified atom stereocenters. The first-order valence-corrected chi connectivity index (χ1v) is 8.64. The Morgan fingerprint density at radius 1 is 1.16 bits per heavy atom. The molecular weight excluding hydrogens is 320 g/mol. The number of piperidine rings is 1. The summed E-state index contributed by atoms with van der Waals surface area (Å²) in [4.78, 5) is 13.8. The third kappa shape index (κ3) is 2.87. The van der Waals surface area contributed by atoms with Crippen molar-refractivity contribution in [3.63, 3.8) is 0 Å². The number of nitrogens with zero attached hydrogens (tertiary/aromatic N) is 4. The van der Waals surface area contributed by atoms with Crippen molar-refractivity contribution in [2.24, 2.45) is 0 Å². The smallest absolute Gasteiger partial charge is 0.148 e. The highest BCUT2D eigenvalue weighted by molar-refractivity contribution is 5.94. The van der Waals surface area contributed by atoms with Crippen molar-refractivity contribution >= 4 is 16.7 Å². The summed E-state index contributed by atoms with van der Waals surface area (Å²) in [5.41, 5.74) is 0.806. The summed E-state index contributed by atoms with van der Waals surface area (Å²) < 4.78 is 17.0. The third-order valence-corrected chi connectivity index (χ3v) is 5.17. The van der Waals surface area contributed by atoms with Gasteiger partial charge in [-0.2, -0.15) is 0 Å². The number of benzene rings is 1. The summed E-state index contributed by atoms with van der Waals surface area (Å²) in [6, 6.07) is 4.14. The Balaban J connectivity index is 1.82. The maximum absolute atomic E-state index is 6.02. The fraction of sp³-hybridized carbons (Fsp3) is 0.556. The fourth-order valence-electron chi connectivity index (χ4n) is 3.89. The Hall–Kier alpha value is -2.12. The van der Waals surface area contributed by atoms with Gasteiger partial charge in [0.25, 0.3) is 0 Å². The van der Waals surface area contributed by atoms with E-state index in [1.165, 1.54) is 0 Å². The lowest BCUT2D eigenvalue weighted by Crippen LogP contribution is -2.59. The zero-order valence-corrected chi connectivity index (χ0v) is 14.9. The molecule has 7 heteroatoms. The molecule has 2 saturated heterocycles. The van der Waals surface area contributed by atoms with E-state index in [2.05, 4.69) is 26.8 Å². The van der Waals surface area contributed by atoms with Crippen LogP contribution in [0.25, 0.3) is 10.9 Å². The molecule has 3 heterocycles. The molecule has 7 nitrogen and oxygen atoms in total. The zero-order valence-electron chi connectivity index (χ0n) is 14.9. The number of hydrogen-bond acceptors (Lipinski definition) is 7. The summed E-state index contributed by atoms with van der Waals surface area (Å²) in [5, 5.41) is 0.951. The Bertz CT molecular complexity index is 769. The molecule has 1 aromatic carbocycles. The lowest BCUT2D eigenvalue weighted by Gasteiger charge is -2.47. The van der Waals surface area contributed by atoms with Gasteiger partial charge in [-0.1, -0.05) is 0 Å². The minimum atomic E-state index is 0.252. The lowest BCUT2D eigenvalue weighted by atomic mass is 9.98. The van der Waals surface area contributed by atoms with Crippen LogP contribution in [0.3, 0.4) is 0 Å². The average Bonchev–Trinajstić information content (AvgIpc) is 2.66. The van der Waals surface area contributed by atoms with Crippen LogP contribution in [-0.4, -0.2) is 74.5 Å². The van der Waals surface area contributed by atoms with Crippen molar-refractivity contribution in [1.82, 2.24) is 14.9 Å². The van der Waals surface area contributed by atoms with Crippen LogP contribution in [0.1, 0.15) is 6.42 Å². The van der Waals surface area contributed by atoms with Crippen molar-refractivity contribution in [3.8, 4) is 11.5 Å². The fourth-order valence-corrected chi connectivity index (χ4v) is 3.89. The number of ether oxygens (including phenoxy) is 3. The monoisotopic (exact) mass is 344 g/mol. The van der Waals surface area contributed by atoms with Gasteiger partial charge in [-0.05, 0) is 19.5 Å². The number of likely N-dealkylation sites (tertiary alicyclic amines) is 1. The third-order valence-electron chi connectivity index (χ3n) is 5.17. The van der Waals surface area contributed by atoms with Crippen LogP contribution in [0.2, 0.25) is 0 Å². The van der Waals surface area contributed by atoms with Crippen molar-refractivity contribution < 1.29 is 14.2 Å². The quantitative estimate of drug-likeness (QED) is 0.837. The molecule has 2 aliphatic heterocycles. The SMILES string of the molecule is COc1cc(OC)c2ncnc(N3CCO[C@H]4CCN(C)C[C@H]43)c2c1. The van der Waals surface area contributed by atoms with Gasteiger partial charge in [0, 0.05) is 25.7 Å². The molecule has 0 amide bonds. The van der Waals surface area contributed by atoms with E-state index in [1.54, 1.807) is 20.5 Å². The summed E-state index contributed by atoms with van der Waals surface area (Å²) in [7, 11) is 5.47. The molecule has 0 spiro atoms. The second kappa shape index (κ2) is 6.65. The summed E-state index contributed by atoms with van der Waals surface area (Å²) >= 11 is 0. The molecule has 2 aromatic rings. The molecule has 1 aromatic heterocycles. The Kier molecular flexibility index (Phi) is 4.35. The van der Waals surface area contributed by atoms with Crippen LogP contribution in [0, 0.1) is 0 Å². The van der Waals surface area contributed by atoms with E-state index in [-0.39, 0.29) is 6.10 Å². The maximum Gasteiger partial charge on any atom is 0.148 e. The first kappa shape index (κ1) is 16.4. The van der Waals surface area contributed by atoms with Gasteiger partial charge in [0.05, 0.1) is 38.4 Å². The van der Waals surface area contributed by atoms with Crippen molar-refractivity contribution in [3.05, 3.63) is 18.5 Å². The van der Waals surface area contributed by atoms with Gasteiger partial charge in [-0.25, -0.2) is 9.97 Å². The molecule has 0 saturated carbocycles. The second-order valence-electron chi connectivity index (χ2n) is 6.64. The predicted molar refractivity (Wildman–Crippen MR) is 95.6 cm³/mol. The summed E-state index contributed by atoms with van der Waals surface area (Å²) in [5.74, 6) is 2.37. The molecular formula is C18H24N4O3. The molecule has 2 aliphatic rings. The highest BCUT2D eigenvalue weighted by Gasteiger charge is 2.37. The number of rotatable bonds is 3. The van der Waals surface area contributed by atoms with Gasteiger partial charge in [0.1, 0.15) is 29.2 Å². The first-order chi connectivity index (χ1) is 12.2. The maximum atomic E-state index is 6.02. The highest BCUT2D eigenvalue weighted by atomic mass is 16.5. The minimum absolute atomic E-state index is 0.252. The molecule has 0 bridgehead atoms. The summed E-state index contributed by atoms with van der Waals surface area (Å²) in [6.45, 7) is 3.58. The topological polar surface area (TPSA) is 60.0 Å². The number of morpholine rings is 1. The van der Waals surface area contributed by atoms with Crippen LogP contribution in [0.4, 0.5) is 5.82 Å². The number of aromatic nitrogens is 2. The van der Waals surface area contributed by atoms with Crippen molar-refractivity contribution in [2.75, 3.05) is 52.4 Å². The van der Waals surface area contributed by atoms with Crippen LogP contribution in [0.15, 0.2) is 18.5 Å². The number of anilines is 1. The Morgan fingerprint density at radius 3 is 2.84 bits per heavy atom. The minimum Gasteiger partial charge on any atom is -0.497 e. The number of hydrogen-bond donors (Lipinski definition) is 0. The van der Waals surface area contributed by atoms with E-state index < -0.39 is 0 Å². The number of methoxy groups -OCH3 is 2. The van der Waals surface area contributed by atoms with Gasteiger partial charge < -0.3 is 24.0 Å². The Morgan fingerprint density at radius 2 is 2.04 bits per heavy atom. The van der Waals surface area contributed by atoms with E-state index in [0.29, 0.717) is 11.8 Å². The lowest BCUT2D eigenvalue weighted by molar-refractivity contribution is -0.0244. The number of likely N-dealkylation sites (N-methyl/N-ethyl adjacent to an activating group) is 1. The standard InChI is InChI=1S/C18H24N4O3/c1-21-5-4-15-14(10-21)22(6-7-25-15)18-13-8-12(23-2)9-16(24-3)17(13)19-11-20-18/h8-9,11,14-15H,4-7,10H2,1-3H3/t14-,15+/m1/s1. The van der Waals surface area contributed by atoms with E-state index in [4.69, 9.17) is 14.2 Å². The predicted octanol–water partition coefficient (Wildman–Crippen LogP) is 1.56. The molecule has 25 heavy (non-hydrogen) atoms. The van der Waals surface area contributed by atoms with Crippen LogP contribution >= 0.6 is 0 Å². The molecule has 4 rings (SSSR count). The highest BCUT2D eigenvalue weighted by Crippen LogP contribution is 2.36. The normalized spacial score (nSPS) is 24.2. The van der Waals surface area contributed by atoms with E-state index in [1.807, 2.05) is 12.1 Å². The number of fused-ring (bicyclic) bond motifs is 2. The van der Waals surface area contributed by atoms with Crippen LogP contribution in [0.5, 0.6) is 11.5 Å². The largest absolute Gasteiger partial charge is 0.497 e.